The second-order valence-corrected chi connectivity index (χ2v) is 9.05. The van der Waals surface area contributed by atoms with Crippen molar-refractivity contribution in [1.82, 2.24) is 5.32 Å². The molecule has 2 aromatic rings. The fourth-order valence-electron chi connectivity index (χ4n) is 2.00. The summed E-state index contributed by atoms with van der Waals surface area (Å²) >= 11 is 11.7. The molecule has 0 fully saturated rings. The van der Waals surface area contributed by atoms with Crippen molar-refractivity contribution in [2.45, 2.75) is 31.2 Å². The van der Waals surface area contributed by atoms with Gasteiger partial charge in [-0.25, -0.2) is 8.42 Å². The molecule has 1 amide bonds. The highest BCUT2D eigenvalue weighted by Crippen LogP contribution is 2.24. The molecule has 8 heteroatoms. The number of carbonyl (C=O) groups is 1. The van der Waals surface area contributed by atoms with Crippen molar-refractivity contribution < 1.29 is 13.2 Å². The Kier molecular flexibility index (Phi) is 5.66. The Morgan fingerprint density at radius 3 is 1.96 bits per heavy atom. The summed E-state index contributed by atoms with van der Waals surface area (Å²) in [6, 6.07) is 10.2. The number of nitrogens with one attached hydrogen (secondary N) is 2. The lowest BCUT2D eigenvalue weighted by Crippen LogP contribution is -2.40. The van der Waals surface area contributed by atoms with E-state index in [2.05, 4.69) is 10.0 Å². The van der Waals surface area contributed by atoms with Crippen molar-refractivity contribution in [2.75, 3.05) is 4.72 Å². The van der Waals surface area contributed by atoms with Crippen LogP contribution in [0.15, 0.2) is 47.4 Å². The van der Waals surface area contributed by atoms with Gasteiger partial charge in [0.2, 0.25) is 0 Å². The van der Waals surface area contributed by atoms with Gasteiger partial charge in [-0.3, -0.25) is 9.52 Å². The maximum absolute atomic E-state index is 12.4. The molecule has 0 saturated heterocycles. The lowest BCUT2D eigenvalue weighted by molar-refractivity contribution is 0.0919. The van der Waals surface area contributed by atoms with Crippen molar-refractivity contribution in [2.24, 2.45) is 0 Å². The Bertz CT molecular complexity index is 869. The summed E-state index contributed by atoms with van der Waals surface area (Å²) in [6.45, 7) is 5.64. The molecular formula is C17H18Cl2N2O3S. The molecule has 0 aromatic heterocycles. The molecule has 0 spiro atoms. The summed E-state index contributed by atoms with van der Waals surface area (Å²) in [4.78, 5) is 12.0. The van der Waals surface area contributed by atoms with E-state index in [9.17, 15) is 13.2 Å². The number of anilines is 1. The molecule has 0 saturated carbocycles. The summed E-state index contributed by atoms with van der Waals surface area (Å²) in [5, 5.41) is 3.28. The Morgan fingerprint density at radius 1 is 0.960 bits per heavy atom. The summed E-state index contributed by atoms with van der Waals surface area (Å²) in [5.41, 5.74) is 0.399. The molecule has 0 bridgehead atoms. The van der Waals surface area contributed by atoms with E-state index in [1.165, 1.54) is 30.3 Å². The predicted molar refractivity (Wildman–Crippen MR) is 101 cm³/mol. The third-order valence-corrected chi connectivity index (χ3v) is 4.83. The van der Waals surface area contributed by atoms with Gasteiger partial charge in [-0.05, 0) is 63.2 Å². The van der Waals surface area contributed by atoms with E-state index in [4.69, 9.17) is 23.2 Å². The number of rotatable bonds is 4. The zero-order chi connectivity index (χ0) is 18.8. The number of hydrogen-bond acceptors (Lipinski definition) is 3. The van der Waals surface area contributed by atoms with E-state index in [1.54, 1.807) is 12.1 Å². The van der Waals surface area contributed by atoms with E-state index >= 15 is 0 Å². The predicted octanol–water partition coefficient (Wildman–Crippen LogP) is 4.32. The molecule has 2 aromatic carbocycles. The van der Waals surface area contributed by atoms with Gasteiger partial charge in [-0.1, -0.05) is 23.2 Å². The van der Waals surface area contributed by atoms with Crippen LogP contribution in [0.25, 0.3) is 0 Å². The zero-order valence-electron chi connectivity index (χ0n) is 13.9. The van der Waals surface area contributed by atoms with E-state index in [0.717, 1.165) is 0 Å². The Balaban J connectivity index is 2.19. The van der Waals surface area contributed by atoms with Crippen LogP contribution < -0.4 is 10.0 Å². The van der Waals surface area contributed by atoms with Crippen molar-refractivity contribution in [3.8, 4) is 0 Å². The molecule has 0 atom stereocenters. The second-order valence-electron chi connectivity index (χ2n) is 6.49. The first-order chi connectivity index (χ1) is 11.5. The minimum Gasteiger partial charge on any atom is -0.347 e. The summed E-state index contributed by atoms with van der Waals surface area (Å²) < 4.78 is 27.2. The standard InChI is InChI=1S/C17H18Cl2N2O3S/c1-17(2,3)20-16(22)11-4-6-14(7-5-11)21-25(23,24)15-9-12(18)8-13(19)10-15/h4-10,21H,1-3H3,(H,20,22). The molecular weight excluding hydrogens is 383 g/mol. The van der Waals surface area contributed by atoms with E-state index in [-0.39, 0.29) is 26.4 Å². The molecule has 0 aliphatic rings. The number of sulfonamides is 1. The quantitative estimate of drug-likeness (QED) is 0.801. The van der Waals surface area contributed by atoms with Gasteiger partial charge in [0.25, 0.3) is 15.9 Å². The number of hydrogen-bond donors (Lipinski definition) is 2. The molecule has 0 aliphatic heterocycles. The van der Waals surface area contributed by atoms with Gasteiger partial charge in [-0.15, -0.1) is 0 Å². The van der Waals surface area contributed by atoms with Gasteiger partial charge in [0, 0.05) is 26.8 Å². The summed E-state index contributed by atoms with van der Waals surface area (Å²) in [7, 11) is -3.84. The highest BCUT2D eigenvalue weighted by Gasteiger charge is 2.17. The highest BCUT2D eigenvalue weighted by molar-refractivity contribution is 7.92. The first kappa shape index (κ1) is 19.6. The average molecular weight is 401 g/mol. The summed E-state index contributed by atoms with van der Waals surface area (Å²) in [5.74, 6) is -0.233. The van der Waals surface area contributed by atoms with E-state index < -0.39 is 10.0 Å². The molecule has 25 heavy (non-hydrogen) atoms. The number of carbonyl (C=O) groups excluding carboxylic acids is 1. The van der Waals surface area contributed by atoms with Gasteiger partial charge in [0.1, 0.15) is 0 Å². The molecule has 2 rings (SSSR count). The molecule has 134 valence electrons. The van der Waals surface area contributed by atoms with Crippen molar-refractivity contribution in [3.05, 3.63) is 58.1 Å². The number of amides is 1. The SMILES string of the molecule is CC(C)(C)NC(=O)c1ccc(NS(=O)(=O)c2cc(Cl)cc(Cl)c2)cc1. The fourth-order valence-corrected chi connectivity index (χ4v) is 3.78. The van der Waals surface area contributed by atoms with Gasteiger partial charge in [0.05, 0.1) is 4.90 Å². The number of benzene rings is 2. The molecule has 0 radical (unpaired) electrons. The van der Waals surface area contributed by atoms with Crippen LogP contribution >= 0.6 is 23.2 Å². The molecule has 5 nitrogen and oxygen atoms in total. The van der Waals surface area contributed by atoms with Crippen LogP contribution in [-0.2, 0) is 10.0 Å². The molecule has 0 unspecified atom stereocenters. The van der Waals surface area contributed by atoms with Crippen molar-refractivity contribution in [3.63, 3.8) is 0 Å². The van der Waals surface area contributed by atoms with Crippen LogP contribution in [-0.4, -0.2) is 19.9 Å². The average Bonchev–Trinajstić information content (AvgIpc) is 2.44. The van der Waals surface area contributed by atoms with Gasteiger partial charge in [0.15, 0.2) is 0 Å². The van der Waals surface area contributed by atoms with Crippen LogP contribution in [0.3, 0.4) is 0 Å². The first-order valence-electron chi connectivity index (χ1n) is 7.38. The topological polar surface area (TPSA) is 75.3 Å². The van der Waals surface area contributed by atoms with Crippen LogP contribution in [0.1, 0.15) is 31.1 Å². The third kappa shape index (κ3) is 5.63. The first-order valence-corrected chi connectivity index (χ1v) is 9.62. The van der Waals surface area contributed by atoms with Gasteiger partial charge >= 0.3 is 0 Å². The van der Waals surface area contributed by atoms with Gasteiger partial charge < -0.3 is 5.32 Å². The lowest BCUT2D eigenvalue weighted by Gasteiger charge is -2.20. The van der Waals surface area contributed by atoms with Crippen LogP contribution in [0.2, 0.25) is 10.0 Å². The highest BCUT2D eigenvalue weighted by atomic mass is 35.5. The second kappa shape index (κ2) is 7.23. The third-order valence-electron chi connectivity index (χ3n) is 3.03. The van der Waals surface area contributed by atoms with Crippen LogP contribution in [0.4, 0.5) is 5.69 Å². The Labute approximate surface area is 157 Å². The molecule has 0 aliphatic carbocycles. The summed E-state index contributed by atoms with van der Waals surface area (Å²) in [6.07, 6.45) is 0. The van der Waals surface area contributed by atoms with Crippen LogP contribution in [0, 0.1) is 0 Å². The smallest absolute Gasteiger partial charge is 0.261 e. The molecule has 2 N–H and O–H groups in total. The minimum atomic E-state index is -3.84. The maximum Gasteiger partial charge on any atom is 0.261 e. The monoisotopic (exact) mass is 400 g/mol. The minimum absolute atomic E-state index is 0.0421. The van der Waals surface area contributed by atoms with Gasteiger partial charge in [-0.2, -0.15) is 0 Å². The number of halogens is 2. The Morgan fingerprint density at radius 2 is 1.48 bits per heavy atom. The lowest BCUT2D eigenvalue weighted by atomic mass is 10.1. The fraction of sp³-hybridized carbons (Fsp3) is 0.235. The largest absolute Gasteiger partial charge is 0.347 e. The maximum atomic E-state index is 12.4. The van der Waals surface area contributed by atoms with E-state index in [1.807, 2.05) is 20.8 Å². The zero-order valence-corrected chi connectivity index (χ0v) is 16.3. The Hall–Kier alpha value is -1.76. The van der Waals surface area contributed by atoms with Crippen molar-refractivity contribution in [1.29, 1.82) is 0 Å². The normalized spacial score (nSPS) is 11.9. The molecule has 0 heterocycles. The van der Waals surface area contributed by atoms with Crippen molar-refractivity contribution >= 4 is 44.8 Å². The van der Waals surface area contributed by atoms with E-state index in [0.29, 0.717) is 11.3 Å². The van der Waals surface area contributed by atoms with Crippen LogP contribution in [0.5, 0.6) is 0 Å².